The van der Waals surface area contributed by atoms with Crippen molar-refractivity contribution in [3.8, 4) is 17.6 Å². The van der Waals surface area contributed by atoms with Gasteiger partial charge in [0.2, 0.25) is 11.8 Å². The van der Waals surface area contributed by atoms with E-state index in [0.29, 0.717) is 5.69 Å². The Balaban J connectivity index is 0.00000236. The van der Waals surface area contributed by atoms with Crippen LogP contribution in [0.15, 0.2) is 36.4 Å². The monoisotopic (exact) mass is 642 g/mol. The van der Waals surface area contributed by atoms with Gasteiger partial charge in [0, 0.05) is 11.8 Å². The Morgan fingerprint density at radius 2 is 1.26 bits per heavy atom. The predicted octanol–water partition coefficient (Wildman–Crippen LogP) is 1.97. The van der Waals surface area contributed by atoms with E-state index in [1.165, 1.54) is 18.2 Å². The predicted molar refractivity (Wildman–Crippen MR) is 152 cm³/mol. The Labute approximate surface area is 258 Å². The number of rotatable bonds is 14. The van der Waals surface area contributed by atoms with Crippen molar-refractivity contribution in [1.82, 2.24) is 15.0 Å². The fourth-order valence-electron chi connectivity index (χ4n) is 3.19. The maximum absolute atomic E-state index is 13.0. The summed E-state index contributed by atoms with van der Waals surface area (Å²) in [6.45, 7) is 3.91. The van der Waals surface area contributed by atoms with Crippen LogP contribution in [0.3, 0.4) is 0 Å². The van der Waals surface area contributed by atoms with Gasteiger partial charge < -0.3 is 35.1 Å². The van der Waals surface area contributed by atoms with Crippen molar-refractivity contribution in [3.63, 3.8) is 0 Å². The molecule has 0 aliphatic heterocycles. The van der Waals surface area contributed by atoms with Crippen LogP contribution in [0.5, 0.6) is 17.6 Å². The number of nitrogens with zero attached hydrogens (tertiary/aromatic N) is 4. The molecule has 242 valence electrons. The van der Waals surface area contributed by atoms with E-state index < -0.39 is 53.5 Å². The molecule has 0 aliphatic rings. The molecule has 0 bridgehead atoms. The third kappa shape index (κ3) is 11.0. The molecule has 0 saturated carbocycles. The number of ether oxygens (including phenoxy) is 3. The van der Waals surface area contributed by atoms with Crippen LogP contribution in [0.4, 0.5) is 17.1 Å². The molecule has 3 heterocycles. The van der Waals surface area contributed by atoms with Crippen molar-refractivity contribution < 1.29 is 58.1 Å². The van der Waals surface area contributed by atoms with Gasteiger partial charge in [-0.2, -0.15) is 9.59 Å². The number of carboxylic acid groups (broad SMARTS) is 2. The van der Waals surface area contributed by atoms with Gasteiger partial charge in [-0.3, -0.25) is 19.7 Å². The molecule has 19 heteroatoms. The van der Waals surface area contributed by atoms with Crippen molar-refractivity contribution in [2.45, 2.75) is 20.8 Å². The maximum Gasteiger partial charge on any atom is 0.373 e. The Bertz CT molecular complexity index is 1660. The van der Waals surface area contributed by atoms with E-state index in [0.717, 1.165) is 12.1 Å². The lowest BCUT2D eigenvalue weighted by Crippen LogP contribution is -2.19. The summed E-state index contributed by atoms with van der Waals surface area (Å²) < 4.78 is 15.7. The van der Waals surface area contributed by atoms with Crippen molar-refractivity contribution in [2.75, 3.05) is 30.5 Å². The number of aliphatic carboxylic acids is 2. The lowest BCUT2D eigenvalue weighted by atomic mass is 10.2. The second-order valence-corrected chi connectivity index (χ2v) is 9.19. The number of carboxylic acids is 2. The topological polar surface area (TPSA) is 276 Å². The third-order valence-corrected chi connectivity index (χ3v) is 5.08. The van der Waals surface area contributed by atoms with Crippen LogP contribution in [0.1, 0.15) is 40.5 Å². The molecule has 0 aliphatic carbocycles. The number of carbonyl (C=O) groups excluding carboxylic acids is 4. The van der Waals surface area contributed by atoms with Crippen molar-refractivity contribution in [2.24, 2.45) is 5.92 Å². The molecule has 3 aromatic heterocycles. The zero-order valence-electron chi connectivity index (χ0n) is 24.3. The molecule has 3 rings (SSSR count). The van der Waals surface area contributed by atoms with Gasteiger partial charge in [0.05, 0.1) is 11.5 Å². The third-order valence-electron chi connectivity index (χ3n) is 5.08. The van der Waals surface area contributed by atoms with Gasteiger partial charge in [-0.15, -0.1) is 0 Å². The Morgan fingerprint density at radius 3 is 1.76 bits per heavy atom. The van der Waals surface area contributed by atoms with E-state index in [1.54, 1.807) is 13.0 Å². The number of hydrogen-bond acceptors (Lipinski definition) is 14. The molecule has 19 nitrogen and oxygen atoms in total. The molecule has 3 aromatic rings. The number of aryl methyl sites for hydroxylation is 1. The first-order chi connectivity index (χ1) is 21.7. The van der Waals surface area contributed by atoms with Gasteiger partial charge in [0.25, 0.3) is 17.7 Å². The molecular weight excluding hydrogens is 616 g/mol. The highest BCUT2D eigenvalue weighted by atomic mass is 16.6. The summed E-state index contributed by atoms with van der Waals surface area (Å²) in [5, 5.41) is 34.0. The average molecular weight is 643 g/mol. The zero-order valence-corrected chi connectivity index (χ0v) is 24.3. The average Bonchev–Trinajstić information content (AvgIpc) is 2.99. The van der Waals surface area contributed by atoms with E-state index in [4.69, 9.17) is 34.0 Å². The highest BCUT2D eigenvalue weighted by Crippen LogP contribution is 2.28. The lowest BCUT2D eigenvalue weighted by Gasteiger charge is -2.15. The first-order valence-corrected chi connectivity index (χ1v) is 12.8. The van der Waals surface area contributed by atoms with E-state index in [2.05, 4.69) is 25.6 Å². The molecule has 0 radical (unpaired) electrons. The summed E-state index contributed by atoms with van der Waals surface area (Å²) >= 11 is 0. The zero-order chi connectivity index (χ0) is 34.4. The lowest BCUT2D eigenvalue weighted by molar-refractivity contribution is -0.386. The molecule has 0 aromatic carbocycles. The smallest absolute Gasteiger partial charge is 0.373 e. The van der Waals surface area contributed by atoms with Crippen LogP contribution < -0.4 is 24.8 Å². The quantitative estimate of drug-likeness (QED) is 0.144. The molecule has 0 saturated heterocycles. The molecule has 2 amide bonds. The van der Waals surface area contributed by atoms with Crippen molar-refractivity contribution in [3.05, 3.63) is 63.6 Å². The molecular formula is C27H26N6O13. The van der Waals surface area contributed by atoms with Gasteiger partial charge in [-0.05, 0) is 43.2 Å². The molecule has 0 spiro atoms. The summed E-state index contributed by atoms with van der Waals surface area (Å²) in [7, 11) is 0. The van der Waals surface area contributed by atoms with E-state index in [1.807, 2.05) is 13.8 Å². The Morgan fingerprint density at radius 1 is 0.804 bits per heavy atom. The molecule has 4 N–H and O–H groups in total. The van der Waals surface area contributed by atoms with Gasteiger partial charge >= 0.3 is 23.8 Å². The number of nitro groups is 1. The van der Waals surface area contributed by atoms with E-state index in [-0.39, 0.29) is 53.2 Å². The first kappa shape index (κ1) is 35.7. The summed E-state index contributed by atoms with van der Waals surface area (Å²) in [6, 6.07) is 7.65. The molecule has 0 fully saturated rings. The van der Waals surface area contributed by atoms with Gasteiger partial charge in [-0.1, -0.05) is 13.8 Å². The molecule has 0 unspecified atom stereocenters. The minimum atomic E-state index is -1.41. The fraction of sp³-hybridized carbons (Fsp3) is 0.259. The van der Waals surface area contributed by atoms with Gasteiger partial charge in [0.15, 0.2) is 13.2 Å². The highest BCUT2D eigenvalue weighted by Gasteiger charge is 2.23. The first-order valence-electron chi connectivity index (χ1n) is 12.8. The fourth-order valence-corrected chi connectivity index (χ4v) is 3.19. The number of carbonyl (C=O) groups is 4. The second-order valence-electron chi connectivity index (χ2n) is 9.19. The number of hydrogen-bond donors (Lipinski definition) is 4. The van der Waals surface area contributed by atoms with Crippen LogP contribution in [-0.4, -0.2) is 79.8 Å². The van der Waals surface area contributed by atoms with Crippen LogP contribution in [0.2, 0.25) is 0 Å². The Hall–Kier alpha value is -6.49. The SMILES string of the molecule is Cc1ccc(NC(=O)c2ccc(NC(=O)c3ccc([N+](=O)[O-])c(OCC(=O)O)n3)c(OCC(C)C)n2)c(OCC(=O)O)n1.O=C=O. The largest absolute Gasteiger partial charge is 0.479 e. The summed E-state index contributed by atoms with van der Waals surface area (Å²) in [6.07, 6.45) is 0.250. The minimum absolute atomic E-state index is 0.0258. The standard InChI is InChI=1S/C26H26N6O11.CO2/c1-13(2)10-41-25-18(29-23(38)16-8-9-19(32(39)40)26(31-16)43-12-21(35)36)7-6-15(30-25)22(37)28-17-5-4-14(3)27-24(17)42-11-20(33)34;2-1-3/h4-9,13H,10-12H2,1-3H3,(H,28,37)(H,29,38)(H,33,34)(H,35,36);. The number of nitrogens with one attached hydrogen (secondary N) is 2. The normalized spacial score (nSPS) is 10.0. The molecule has 46 heavy (non-hydrogen) atoms. The van der Waals surface area contributed by atoms with Crippen LogP contribution >= 0.6 is 0 Å². The summed E-state index contributed by atoms with van der Waals surface area (Å²) in [5.74, 6) is -5.12. The van der Waals surface area contributed by atoms with E-state index in [9.17, 15) is 29.3 Å². The second kappa shape index (κ2) is 17.0. The van der Waals surface area contributed by atoms with E-state index >= 15 is 0 Å². The van der Waals surface area contributed by atoms with Crippen molar-refractivity contribution in [1.29, 1.82) is 0 Å². The Kier molecular flexibility index (Phi) is 13.2. The number of amides is 2. The van der Waals surface area contributed by atoms with Crippen molar-refractivity contribution >= 4 is 47.0 Å². The maximum atomic E-state index is 13.0. The van der Waals surface area contributed by atoms with Crippen LogP contribution in [-0.2, 0) is 19.2 Å². The molecule has 0 atom stereocenters. The number of aromatic nitrogens is 3. The van der Waals surface area contributed by atoms with Gasteiger partial charge in [0.1, 0.15) is 22.8 Å². The minimum Gasteiger partial charge on any atom is -0.479 e. The van der Waals surface area contributed by atoms with Crippen LogP contribution in [0.25, 0.3) is 0 Å². The number of anilines is 2. The summed E-state index contributed by atoms with van der Waals surface area (Å²) in [5.41, 5.74) is -0.494. The van der Waals surface area contributed by atoms with Crippen LogP contribution in [0, 0.1) is 23.0 Å². The highest BCUT2D eigenvalue weighted by molar-refractivity contribution is 6.06. The van der Waals surface area contributed by atoms with Gasteiger partial charge in [-0.25, -0.2) is 24.5 Å². The summed E-state index contributed by atoms with van der Waals surface area (Å²) in [4.78, 5) is 86.5. The number of pyridine rings is 3.